The van der Waals surface area contributed by atoms with Crippen LogP contribution < -0.4 is 0 Å². The fourth-order valence-electron chi connectivity index (χ4n) is 1.44. The summed E-state index contributed by atoms with van der Waals surface area (Å²) in [5, 5.41) is 8.68. The van der Waals surface area contributed by atoms with E-state index < -0.39 is 41.3 Å². The lowest BCUT2D eigenvalue weighted by molar-refractivity contribution is 0.0719. The van der Waals surface area contributed by atoms with Gasteiger partial charge in [-0.15, -0.1) is 0 Å². The molecule has 1 aromatic carbocycles. The van der Waals surface area contributed by atoms with Crippen LogP contribution in [0, 0.1) is 23.3 Å². The van der Waals surface area contributed by atoms with Crippen molar-refractivity contribution >= 4 is 5.91 Å². The first-order chi connectivity index (χ1) is 8.43. The molecule has 18 heavy (non-hydrogen) atoms. The molecule has 100 valence electrons. The summed E-state index contributed by atoms with van der Waals surface area (Å²) < 4.78 is 52.5. The van der Waals surface area contributed by atoms with Gasteiger partial charge in [-0.05, 0) is 6.92 Å². The molecule has 7 heteroatoms. The van der Waals surface area contributed by atoms with Crippen LogP contribution in [-0.4, -0.2) is 35.6 Å². The van der Waals surface area contributed by atoms with E-state index >= 15 is 0 Å². The number of carbonyl (C=O) groups is 1. The molecule has 0 aliphatic heterocycles. The molecule has 1 amide bonds. The fourth-order valence-corrected chi connectivity index (χ4v) is 1.44. The summed E-state index contributed by atoms with van der Waals surface area (Å²) >= 11 is 0. The molecular formula is C11H11F4NO2. The van der Waals surface area contributed by atoms with E-state index in [-0.39, 0.29) is 19.2 Å². The van der Waals surface area contributed by atoms with Gasteiger partial charge in [0.05, 0.1) is 6.61 Å². The van der Waals surface area contributed by atoms with Crippen LogP contribution in [0.25, 0.3) is 0 Å². The predicted octanol–water partition coefficient (Wildman–Crippen LogP) is 1.70. The van der Waals surface area contributed by atoms with Gasteiger partial charge in [-0.1, -0.05) is 0 Å². The monoisotopic (exact) mass is 265 g/mol. The standard InChI is InChI=1S/C11H11F4NO2/c1-2-16(3-4-17)11(18)8-9(14)6(12)5-7(13)10(8)15/h5,17H,2-4H2,1H3. The van der Waals surface area contributed by atoms with Gasteiger partial charge in [-0.3, -0.25) is 4.79 Å². The van der Waals surface area contributed by atoms with Crippen LogP contribution in [0.5, 0.6) is 0 Å². The van der Waals surface area contributed by atoms with E-state index in [4.69, 9.17) is 5.11 Å². The molecular weight excluding hydrogens is 254 g/mol. The Kier molecular flexibility index (Phi) is 4.66. The van der Waals surface area contributed by atoms with Gasteiger partial charge >= 0.3 is 0 Å². The topological polar surface area (TPSA) is 40.5 Å². The maximum Gasteiger partial charge on any atom is 0.260 e. The summed E-state index contributed by atoms with van der Waals surface area (Å²) in [6.07, 6.45) is 0. The van der Waals surface area contributed by atoms with Crippen LogP contribution in [0.3, 0.4) is 0 Å². The van der Waals surface area contributed by atoms with Crippen LogP contribution in [0.15, 0.2) is 6.07 Å². The molecule has 1 rings (SSSR count). The van der Waals surface area contributed by atoms with E-state index in [9.17, 15) is 22.4 Å². The summed E-state index contributed by atoms with van der Waals surface area (Å²) in [5.41, 5.74) is -1.29. The SMILES string of the molecule is CCN(CCO)C(=O)c1c(F)c(F)cc(F)c1F. The first-order valence-electron chi connectivity index (χ1n) is 5.17. The lowest BCUT2D eigenvalue weighted by Gasteiger charge is -2.20. The number of hydrogen-bond donors (Lipinski definition) is 1. The molecule has 0 aromatic heterocycles. The van der Waals surface area contributed by atoms with E-state index in [1.807, 2.05) is 0 Å². The van der Waals surface area contributed by atoms with E-state index in [0.29, 0.717) is 0 Å². The van der Waals surface area contributed by atoms with Gasteiger partial charge in [0.25, 0.3) is 5.91 Å². The summed E-state index contributed by atoms with van der Waals surface area (Å²) in [4.78, 5) is 12.6. The second-order valence-electron chi connectivity index (χ2n) is 3.45. The van der Waals surface area contributed by atoms with Crippen molar-refractivity contribution in [1.29, 1.82) is 0 Å². The Hall–Kier alpha value is -1.63. The number of nitrogens with zero attached hydrogens (tertiary/aromatic N) is 1. The van der Waals surface area contributed by atoms with Crippen LogP contribution in [0.1, 0.15) is 17.3 Å². The van der Waals surface area contributed by atoms with Crippen molar-refractivity contribution in [2.75, 3.05) is 19.7 Å². The predicted molar refractivity (Wildman–Crippen MR) is 54.9 cm³/mol. The number of carbonyl (C=O) groups excluding carboxylic acids is 1. The molecule has 0 heterocycles. The minimum Gasteiger partial charge on any atom is -0.395 e. The van der Waals surface area contributed by atoms with Crippen molar-refractivity contribution in [3.8, 4) is 0 Å². The van der Waals surface area contributed by atoms with Crippen molar-refractivity contribution in [2.24, 2.45) is 0 Å². The Morgan fingerprint density at radius 3 is 2.11 bits per heavy atom. The molecule has 0 atom stereocenters. The lowest BCUT2D eigenvalue weighted by Crippen LogP contribution is -2.35. The number of amides is 1. The molecule has 0 aliphatic rings. The van der Waals surface area contributed by atoms with Crippen molar-refractivity contribution in [3.63, 3.8) is 0 Å². The highest BCUT2D eigenvalue weighted by Gasteiger charge is 2.27. The molecule has 0 saturated carbocycles. The number of benzene rings is 1. The van der Waals surface area contributed by atoms with Gasteiger partial charge in [-0.25, -0.2) is 17.6 Å². The van der Waals surface area contributed by atoms with Crippen molar-refractivity contribution < 1.29 is 27.5 Å². The minimum absolute atomic E-state index is 0.0315. The van der Waals surface area contributed by atoms with Crippen molar-refractivity contribution in [3.05, 3.63) is 34.9 Å². The molecule has 1 N–H and O–H groups in total. The maximum atomic E-state index is 13.3. The third-order valence-electron chi connectivity index (χ3n) is 2.36. The highest BCUT2D eigenvalue weighted by molar-refractivity contribution is 5.94. The zero-order valence-corrected chi connectivity index (χ0v) is 9.51. The van der Waals surface area contributed by atoms with Crippen molar-refractivity contribution in [1.82, 2.24) is 4.90 Å². The first kappa shape index (κ1) is 14.4. The quantitative estimate of drug-likeness (QED) is 0.665. The Bertz CT molecular complexity index is 439. The number of hydrogen-bond acceptors (Lipinski definition) is 2. The first-order valence-corrected chi connectivity index (χ1v) is 5.17. The summed E-state index contributed by atoms with van der Waals surface area (Å²) in [6, 6.07) is 0.0315. The highest BCUT2D eigenvalue weighted by atomic mass is 19.2. The number of likely N-dealkylation sites (N-methyl/N-ethyl adjacent to an activating group) is 1. The number of aliphatic hydroxyl groups excluding tert-OH is 1. The normalized spacial score (nSPS) is 10.6. The molecule has 0 radical (unpaired) electrons. The van der Waals surface area contributed by atoms with Gasteiger partial charge in [-0.2, -0.15) is 0 Å². The van der Waals surface area contributed by atoms with E-state index in [2.05, 4.69) is 0 Å². The molecule has 1 aromatic rings. The van der Waals surface area contributed by atoms with Gasteiger partial charge in [0.15, 0.2) is 23.3 Å². The fraction of sp³-hybridized carbons (Fsp3) is 0.364. The second-order valence-corrected chi connectivity index (χ2v) is 3.45. The largest absolute Gasteiger partial charge is 0.395 e. The highest BCUT2D eigenvalue weighted by Crippen LogP contribution is 2.20. The zero-order valence-electron chi connectivity index (χ0n) is 9.51. The van der Waals surface area contributed by atoms with Gasteiger partial charge in [0.1, 0.15) is 5.56 Å². The van der Waals surface area contributed by atoms with Gasteiger partial charge in [0.2, 0.25) is 0 Å². The third-order valence-corrected chi connectivity index (χ3v) is 2.36. The van der Waals surface area contributed by atoms with E-state index in [0.717, 1.165) is 4.90 Å². The Morgan fingerprint density at radius 2 is 1.72 bits per heavy atom. The van der Waals surface area contributed by atoms with E-state index in [1.165, 1.54) is 6.92 Å². The lowest BCUT2D eigenvalue weighted by atomic mass is 10.1. The molecule has 0 spiro atoms. The number of aliphatic hydroxyl groups is 1. The summed E-state index contributed by atoms with van der Waals surface area (Å²) in [6.45, 7) is 0.919. The smallest absolute Gasteiger partial charge is 0.260 e. The third kappa shape index (κ3) is 2.61. The minimum atomic E-state index is -1.74. The molecule has 0 fully saturated rings. The van der Waals surface area contributed by atoms with Crippen LogP contribution in [0.4, 0.5) is 17.6 Å². The van der Waals surface area contributed by atoms with Gasteiger partial charge in [0, 0.05) is 19.2 Å². The Morgan fingerprint density at radius 1 is 1.22 bits per heavy atom. The average molecular weight is 265 g/mol. The van der Waals surface area contributed by atoms with Crippen LogP contribution in [-0.2, 0) is 0 Å². The van der Waals surface area contributed by atoms with Crippen LogP contribution in [0.2, 0.25) is 0 Å². The summed E-state index contributed by atoms with van der Waals surface area (Å²) in [7, 11) is 0. The zero-order chi connectivity index (χ0) is 13.9. The molecule has 0 unspecified atom stereocenters. The van der Waals surface area contributed by atoms with E-state index in [1.54, 1.807) is 0 Å². The second kappa shape index (κ2) is 5.81. The number of halogens is 4. The van der Waals surface area contributed by atoms with Crippen molar-refractivity contribution in [2.45, 2.75) is 6.92 Å². The average Bonchev–Trinajstić information content (AvgIpc) is 2.33. The Balaban J connectivity index is 3.27. The number of rotatable bonds is 4. The van der Waals surface area contributed by atoms with Gasteiger partial charge < -0.3 is 10.0 Å². The summed E-state index contributed by atoms with van der Waals surface area (Å²) in [5.74, 6) is -7.97. The molecule has 0 saturated heterocycles. The Labute approximate surface area is 101 Å². The molecule has 3 nitrogen and oxygen atoms in total. The molecule has 0 bridgehead atoms. The maximum absolute atomic E-state index is 13.3. The van der Waals surface area contributed by atoms with Crippen LogP contribution >= 0.6 is 0 Å². The molecule has 0 aliphatic carbocycles.